The molecule has 0 aliphatic heterocycles. The van der Waals surface area contributed by atoms with Crippen LogP contribution in [0.5, 0.6) is 5.75 Å². The van der Waals surface area contributed by atoms with Gasteiger partial charge < -0.3 is 10.1 Å². The van der Waals surface area contributed by atoms with Gasteiger partial charge in [-0.05, 0) is 49.7 Å². The van der Waals surface area contributed by atoms with Gasteiger partial charge in [-0.25, -0.2) is 0 Å². The third kappa shape index (κ3) is 6.12. The number of carbonyl (C=O) groups is 1. The summed E-state index contributed by atoms with van der Waals surface area (Å²) in [5, 5.41) is 25.0. The minimum absolute atomic E-state index is 0.166. The highest BCUT2D eigenvalue weighted by atomic mass is 32.2. The molecule has 4 aromatic rings. The summed E-state index contributed by atoms with van der Waals surface area (Å²) in [5.41, 5.74) is 1.87. The highest BCUT2D eigenvalue weighted by molar-refractivity contribution is 7.99. The van der Waals surface area contributed by atoms with Gasteiger partial charge >= 0.3 is 0 Å². The predicted octanol–water partition coefficient (Wildman–Crippen LogP) is 4.42. The molecule has 4 rings (SSSR count). The minimum Gasteiger partial charge on any atom is -0.494 e. The molecule has 0 aliphatic carbocycles. The second-order valence-corrected chi connectivity index (χ2v) is 9.08. The molecule has 0 fully saturated rings. The number of nitrogens with zero attached hydrogens (tertiary/aromatic N) is 5. The van der Waals surface area contributed by atoms with Gasteiger partial charge in [-0.3, -0.25) is 14.7 Å². The molecular formula is C23H25N7O2S2. The normalized spacial score (nSPS) is 10.8. The molecule has 9 nitrogen and oxygen atoms in total. The monoisotopic (exact) mass is 495 g/mol. The van der Waals surface area contributed by atoms with Crippen molar-refractivity contribution in [2.24, 2.45) is 0 Å². The Hall–Kier alpha value is -3.44. The van der Waals surface area contributed by atoms with E-state index >= 15 is 0 Å². The molecule has 1 amide bonds. The number of aryl methyl sites for hydroxylation is 1. The van der Waals surface area contributed by atoms with Gasteiger partial charge in [0.1, 0.15) is 10.8 Å². The van der Waals surface area contributed by atoms with Crippen LogP contribution in [0.1, 0.15) is 24.7 Å². The lowest BCUT2D eigenvalue weighted by molar-refractivity contribution is -0.113. The molecule has 0 unspecified atom stereocenters. The lowest BCUT2D eigenvalue weighted by atomic mass is 10.3. The van der Waals surface area contributed by atoms with E-state index in [0.717, 1.165) is 34.4 Å². The average molecular weight is 496 g/mol. The molecule has 0 spiro atoms. The number of para-hydroxylation sites is 1. The van der Waals surface area contributed by atoms with Crippen molar-refractivity contribution in [3.05, 3.63) is 65.4 Å². The van der Waals surface area contributed by atoms with E-state index in [1.165, 1.54) is 23.1 Å². The number of ether oxygens (including phenoxy) is 1. The number of rotatable bonds is 11. The van der Waals surface area contributed by atoms with Gasteiger partial charge in [0.05, 0.1) is 18.9 Å². The number of hydrogen-bond acceptors (Lipinski definition) is 9. The number of hydrogen-bond donors (Lipinski definition) is 2. The Morgan fingerprint density at radius 2 is 1.82 bits per heavy atom. The quantitative estimate of drug-likeness (QED) is 0.295. The molecule has 176 valence electrons. The molecule has 2 heterocycles. The number of anilines is 2. The first-order valence-corrected chi connectivity index (χ1v) is 12.7. The molecule has 0 saturated heterocycles. The first-order valence-electron chi connectivity index (χ1n) is 10.9. The number of benzene rings is 2. The second kappa shape index (κ2) is 11.6. The second-order valence-electron chi connectivity index (χ2n) is 7.07. The van der Waals surface area contributed by atoms with Crippen molar-refractivity contribution < 1.29 is 9.53 Å². The number of thioether (sulfide) groups is 1. The van der Waals surface area contributed by atoms with E-state index in [0.29, 0.717) is 23.4 Å². The van der Waals surface area contributed by atoms with Gasteiger partial charge in [-0.1, -0.05) is 48.2 Å². The summed E-state index contributed by atoms with van der Waals surface area (Å²) in [5.74, 6) is 1.58. The van der Waals surface area contributed by atoms with Crippen molar-refractivity contribution in [1.82, 2.24) is 25.0 Å². The summed E-state index contributed by atoms with van der Waals surface area (Å²) in [4.78, 5) is 12.4. The largest absolute Gasteiger partial charge is 0.494 e. The molecule has 2 aromatic carbocycles. The maximum absolute atomic E-state index is 12.4. The lowest BCUT2D eigenvalue weighted by Gasteiger charge is -2.12. The van der Waals surface area contributed by atoms with Crippen LogP contribution in [0.4, 0.5) is 10.8 Å². The van der Waals surface area contributed by atoms with Crippen molar-refractivity contribution in [3.63, 3.8) is 0 Å². The summed E-state index contributed by atoms with van der Waals surface area (Å²) < 4.78 is 7.46. The summed E-state index contributed by atoms with van der Waals surface area (Å²) in [6, 6.07) is 17.6. The maximum atomic E-state index is 12.4. The molecular weight excluding hydrogens is 470 g/mol. The van der Waals surface area contributed by atoms with E-state index in [4.69, 9.17) is 4.74 Å². The van der Waals surface area contributed by atoms with Crippen LogP contribution in [0.3, 0.4) is 0 Å². The van der Waals surface area contributed by atoms with Crippen LogP contribution in [-0.2, 0) is 17.8 Å². The number of amides is 1. The van der Waals surface area contributed by atoms with Crippen LogP contribution >= 0.6 is 23.1 Å². The van der Waals surface area contributed by atoms with Gasteiger partial charge in [0, 0.05) is 11.4 Å². The third-order valence-electron chi connectivity index (χ3n) is 4.68. The Labute approximate surface area is 206 Å². The van der Waals surface area contributed by atoms with Crippen LogP contribution in [0.2, 0.25) is 0 Å². The van der Waals surface area contributed by atoms with Gasteiger partial charge in [-0.2, -0.15) is 0 Å². The van der Waals surface area contributed by atoms with E-state index in [1.54, 1.807) is 0 Å². The molecule has 0 bridgehead atoms. The Kier molecular flexibility index (Phi) is 8.10. The highest BCUT2D eigenvalue weighted by Gasteiger charge is 2.16. The molecule has 2 N–H and O–H groups in total. The van der Waals surface area contributed by atoms with Crippen molar-refractivity contribution in [2.75, 3.05) is 23.0 Å². The van der Waals surface area contributed by atoms with E-state index in [9.17, 15) is 4.79 Å². The zero-order chi connectivity index (χ0) is 23.8. The molecule has 2 aromatic heterocycles. The summed E-state index contributed by atoms with van der Waals surface area (Å²) in [6.07, 6.45) is 0.788. The zero-order valence-corrected chi connectivity index (χ0v) is 20.5. The molecule has 11 heteroatoms. The SMILES string of the molecule is CCOc1ccc(NCc2nnc(SCC(=O)Nc3nnc(CC)s3)n2-c2ccccc2)cc1. The van der Waals surface area contributed by atoms with Crippen LogP contribution < -0.4 is 15.4 Å². The van der Waals surface area contributed by atoms with Crippen LogP contribution in [0.15, 0.2) is 59.8 Å². The van der Waals surface area contributed by atoms with E-state index < -0.39 is 0 Å². The highest BCUT2D eigenvalue weighted by Crippen LogP contribution is 2.24. The van der Waals surface area contributed by atoms with Crippen LogP contribution in [0, 0.1) is 0 Å². The Morgan fingerprint density at radius 1 is 1.03 bits per heavy atom. The predicted molar refractivity (Wildman–Crippen MR) is 135 cm³/mol. The Bertz CT molecular complexity index is 1210. The number of carbonyl (C=O) groups excluding carboxylic acids is 1. The molecule has 0 aliphatic rings. The van der Waals surface area contributed by atoms with E-state index in [2.05, 4.69) is 31.0 Å². The minimum atomic E-state index is -0.166. The summed E-state index contributed by atoms with van der Waals surface area (Å²) in [6.45, 7) is 5.06. The first kappa shape index (κ1) is 23.7. The van der Waals surface area contributed by atoms with Gasteiger partial charge in [0.2, 0.25) is 11.0 Å². The van der Waals surface area contributed by atoms with Crippen molar-refractivity contribution in [1.29, 1.82) is 0 Å². The van der Waals surface area contributed by atoms with E-state index in [-0.39, 0.29) is 11.7 Å². The molecule has 0 saturated carbocycles. The molecule has 0 atom stereocenters. The fourth-order valence-corrected chi connectivity index (χ4v) is 4.56. The van der Waals surface area contributed by atoms with Crippen molar-refractivity contribution in [3.8, 4) is 11.4 Å². The maximum Gasteiger partial charge on any atom is 0.236 e. The number of aromatic nitrogens is 5. The van der Waals surface area contributed by atoms with Crippen LogP contribution in [-0.4, -0.2) is 43.2 Å². The molecule has 34 heavy (non-hydrogen) atoms. The van der Waals surface area contributed by atoms with Crippen molar-refractivity contribution in [2.45, 2.75) is 32.0 Å². The van der Waals surface area contributed by atoms with Gasteiger partial charge in [-0.15, -0.1) is 20.4 Å². The average Bonchev–Trinajstić information content (AvgIpc) is 3.49. The summed E-state index contributed by atoms with van der Waals surface area (Å²) >= 11 is 2.70. The van der Waals surface area contributed by atoms with Crippen LogP contribution in [0.25, 0.3) is 5.69 Å². The fourth-order valence-electron chi connectivity index (χ4n) is 3.09. The van der Waals surface area contributed by atoms with E-state index in [1.807, 2.05) is 73.0 Å². The Morgan fingerprint density at radius 3 is 2.53 bits per heavy atom. The standard InChI is InChI=1S/C23H25N7O2S2/c1-3-21-27-28-22(34-21)25-20(31)15-33-23-29-26-19(30(23)17-8-6-5-7-9-17)14-24-16-10-12-18(13-11-16)32-4-2/h5-13,24H,3-4,14-15H2,1-2H3,(H,25,28,31). The topological polar surface area (TPSA) is 107 Å². The van der Waals surface area contributed by atoms with Crippen molar-refractivity contribution >= 4 is 39.8 Å². The number of nitrogens with one attached hydrogen (secondary N) is 2. The Balaban J connectivity index is 1.45. The zero-order valence-electron chi connectivity index (χ0n) is 18.9. The molecule has 0 radical (unpaired) electrons. The third-order valence-corrected chi connectivity index (χ3v) is 6.59. The fraction of sp³-hybridized carbons (Fsp3) is 0.261. The summed E-state index contributed by atoms with van der Waals surface area (Å²) in [7, 11) is 0. The smallest absolute Gasteiger partial charge is 0.236 e. The van der Waals surface area contributed by atoms with Gasteiger partial charge in [0.15, 0.2) is 11.0 Å². The van der Waals surface area contributed by atoms with Gasteiger partial charge in [0.25, 0.3) is 0 Å². The first-order chi connectivity index (χ1) is 16.7. The lowest BCUT2D eigenvalue weighted by Crippen LogP contribution is -2.14.